The fraction of sp³-hybridized carbons (Fsp3) is 0.368. The molecular formula is C19H23NO6. The molecule has 7 heteroatoms. The molecule has 1 aromatic rings. The highest BCUT2D eigenvalue weighted by Gasteiger charge is 2.22. The van der Waals surface area contributed by atoms with E-state index in [0.717, 1.165) is 0 Å². The van der Waals surface area contributed by atoms with Crippen LogP contribution in [0, 0.1) is 5.92 Å². The van der Waals surface area contributed by atoms with E-state index in [1.165, 1.54) is 31.4 Å². The standard InChI is InChI=1S/C19H23NO6/c1-11-6-7-15(22)18(24)14(21)5-3-4-12-8-13(26-2)9-16(23)17(12)19(25)20-10-11/h3-4,6-9,11,14,18,21,23-24H,5,10H2,1-2H3,(H,20,25)/b4-3+,7-6-/t11-,14?,18?/m1/s1. The Kier molecular flexibility index (Phi) is 6.54. The molecule has 1 amide bonds. The molecule has 0 aliphatic carbocycles. The molecule has 0 aromatic heterocycles. The van der Waals surface area contributed by atoms with E-state index in [0.29, 0.717) is 11.3 Å². The molecule has 0 bridgehead atoms. The number of nitrogens with one attached hydrogen (secondary N) is 1. The van der Waals surface area contributed by atoms with E-state index >= 15 is 0 Å². The van der Waals surface area contributed by atoms with E-state index in [1.807, 2.05) is 0 Å². The van der Waals surface area contributed by atoms with Crippen molar-refractivity contribution < 1.29 is 29.6 Å². The van der Waals surface area contributed by atoms with Gasteiger partial charge >= 0.3 is 0 Å². The predicted molar refractivity (Wildman–Crippen MR) is 96.0 cm³/mol. The molecular weight excluding hydrogens is 338 g/mol. The van der Waals surface area contributed by atoms with Gasteiger partial charge in [-0.25, -0.2) is 0 Å². The van der Waals surface area contributed by atoms with Gasteiger partial charge in [0, 0.05) is 12.6 Å². The number of methoxy groups -OCH3 is 1. The molecule has 7 nitrogen and oxygen atoms in total. The second kappa shape index (κ2) is 8.64. The number of phenolic OH excluding ortho intramolecular Hbond substituents is 1. The Balaban J connectivity index is 2.44. The van der Waals surface area contributed by atoms with Crippen molar-refractivity contribution >= 4 is 17.8 Å². The number of hydrogen-bond acceptors (Lipinski definition) is 6. The first-order valence-corrected chi connectivity index (χ1v) is 8.27. The Morgan fingerprint density at radius 2 is 1.92 bits per heavy atom. The number of carbonyl (C=O) groups excluding carboxylic acids is 2. The molecule has 1 heterocycles. The van der Waals surface area contributed by atoms with Crippen LogP contribution in [0.2, 0.25) is 0 Å². The Bertz CT molecular complexity index is 740. The number of ketones is 1. The van der Waals surface area contributed by atoms with Gasteiger partial charge in [0.25, 0.3) is 5.91 Å². The van der Waals surface area contributed by atoms with Gasteiger partial charge in [-0.1, -0.05) is 25.2 Å². The van der Waals surface area contributed by atoms with Gasteiger partial charge in [-0.3, -0.25) is 9.59 Å². The summed E-state index contributed by atoms with van der Waals surface area (Å²) in [5, 5.41) is 32.8. The molecule has 2 unspecified atom stereocenters. The van der Waals surface area contributed by atoms with Gasteiger partial charge in [0.1, 0.15) is 17.6 Å². The average Bonchev–Trinajstić information content (AvgIpc) is 2.62. The molecule has 4 N–H and O–H groups in total. The minimum atomic E-state index is -1.53. The molecule has 0 radical (unpaired) electrons. The van der Waals surface area contributed by atoms with Crippen molar-refractivity contribution in [2.45, 2.75) is 25.6 Å². The van der Waals surface area contributed by atoms with E-state index in [2.05, 4.69) is 5.32 Å². The van der Waals surface area contributed by atoms with E-state index in [-0.39, 0.29) is 30.2 Å². The smallest absolute Gasteiger partial charge is 0.255 e. The fourth-order valence-corrected chi connectivity index (χ4v) is 2.54. The van der Waals surface area contributed by atoms with E-state index in [4.69, 9.17) is 4.74 Å². The number of phenols is 1. The van der Waals surface area contributed by atoms with Gasteiger partial charge in [-0.2, -0.15) is 0 Å². The monoisotopic (exact) mass is 361 g/mol. The second-order valence-electron chi connectivity index (χ2n) is 6.21. The minimum absolute atomic E-state index is 0.00463. The molecule has 0 fully saturated rings. The quantitative estimate of drug-likeness (QED) is 0.594. The van der Waals surface area contributed by atoms with Crippen LogP contribution in [0.3, 0.4) is 0 Å². The number of aliphatic hydroxyl groups excluding tert-OH is 2. The fourth-order valence-electron chi connectivity index (χ4n) is 2.54. The topological polar surface area (TPSA) is 116 Å². The average molecular weight is 361 g/mol. The number of amides is 1. The van der Waals surface area contributed by atoms with Crippen molar-refractivity contribution in [1.29, 1.82) is 0 Å². The van der Waals surface area contributed by atoms with Crippen LogP contribution in [-0.2, 0) is 4.79 Å². The number of aliphatic hydroxyl groups is 2. The third kappa shape index (κ3) is 4.71. The third-order valence-corrected chi connectivity index (χ3v) is 4.09. The number of carbonyl (C=O) groups is 2. The molecule has 0 spiro atoms. The van der Waals surface area contributed by atoms with Crippen LogP contribution in [0.4, 0.5) is 0 Å². The third-order valence-electron chi connectivity index (χ3n) is 4.09. The number of rotatable bonds is 1. The van der Waals surface area contributed by atoms with Crippen molar-refractivity contribution in [2.75, 3.05) is 13.7 Å². The first kappa shape index (κ1) is 19.7. The van der Waals surface area contributed by atoms with Gasteiger partial charge in [-0.05, 0) is 30.0 Å². The Hall–Kier alpha value is -2.64. The summed E-state index contributed by atoms with van der Waals surface area (Å²) >= 11 is 0. The summed E-state index contributed by atoms with van der Waals surface area (Å²) in [7, 11) is 1.44. The Morgan fingerprint density at radius 1 is 1.19 bits per heavy atom. The molecule has 26 heavy (non-hydrogen) atoms. The van der Waals surface area contributed by atoms with Crippen molar-refractivity contribution in [3.63, 3.8) is 0 Å². The molecule has 1 aliphatic rings. The predicted octanol–water partition coefficient (Wildman–Crippen LogP) is 1.03. The molecule has 3 atom stereocenters. The zero-order valence-electron chi connectivity index (χ0n) is 14.7. The number of fused-ring (bicyclic) bond motifs is 1. The van der Waals surface area contributed by atoms with E-state index < -0.39 is 23.9 Å². The van der Waals surface area contributed by atoms with Crippen LogP contribution < -0.4 is 10.1 Å². The highest BCUT2D eigenvalue weighted by atomic mass is 16.5. The summed E-state index contributed by atoms with van der Waals surface area (Å²) in [5.74, 6) is -1.11. The van der Waals surface area contributed by atoms with Crippen LogP contribution in [0.15, 0.2) is 30.4 Å². The van der Waals surface area contributed by atoms with Crippen molar-refractivity contribution in [3.8, 4) is 11.5 Å². The van der Waals surface area contributed by atoms with Gasteiger partial charge < -0.3 is 25.4 Å². The summed E-state index contributed by atoms with van der Waals surface area (Å²) in [4.78, 5) is 24.4. The maximum atomic E-state index is 12.5. The van der Waals surface area contributed by atoms with Crippen LogP contribution in [-0.4, -0.2) is 52.9 Å². The highest BCUT2D eigenvalue weighted by molar-refractivity contribution is 6.00. The minimum Gasteiger partial charge on any atom is -0.507 e. The van der Waals surface area contributed by atoms with Crippen molar-refractivity contribution in [3.05, 3.63) is 41.5 Å². The van der Waals surface area contributed by atoms with Crippen LogP contribution in [0.5, 0.6) is 11.5 Å². The largest absolute Gasteiger partial charge is 0.507 e. The molecule has 1 aromatic carbocycles. The Labute approximate surface area is 151 Å². The number of benzene rings is 1. The van der Waals surface area contributed by atoms with Crippen LogP contribution >= 0.6 is 0 Å². The lowest BCUT2D eigenvalue weighted by Gasteiger charge is -2.16. The van der Waals surface area contributed by atoms with Crippen molar-refractivity contribution in [2.24, 2.45) is 5.92 Å². The maximum absolute atomic E-state index is 12.5. The summed E-state index contributed by atoms with van der Waals surface area (Å²) in [5.41, 5.74) is 0.481. The van der Waals surface area contributed by atoms with E-state index in [9.17, 15) is 24.9 Å². The lowest BCUT2D eigenvalue weighted by Crippen LogP contribution is -2.33. The van der Waals surface area contributed by atoms with Crippen LogP contribution in [0.1, 0.15) is 29.3 Å². The van der Waals surface area contributed by atoms with Crippen LogP contribution in [0.25, 0.3) is 6.08 Å². The maximum Gasteiger partial charge on any atom is 0.255 e. The molecule has 0 saturated heterocycles. The number of ether oxygens (including phenoxy) is 1. The summed E-state index contributed by atoms with van der Waals surface area (Å²) < 4.78 is 5.11. The van der Waals surface area contributed by atoms with E-state index in [1.54, 1.807) is 19.1 Å². The number of hydrogen-bond donors (Lipinski definition) is 4. The molecule has 2 rings (SSSR count). The summed E-state index contributed by atoms with van der Waals surface area (Å²) in [6.07, 6.45) is 2.99. The van der Waals surface area contributed by atoms with Crippen molar-refractivity contribution in [1.82, 2.24) is 5.32 Å². The molecule has 0 saturated carbocycles. The lowest BCUT2D eigenvalue weighted by atomic mass is 10.0. The molecule has 140 valence electrons. The van der Waals surface area contributed by atoms with Gasteiger partial charge in [0.15, 0.2) is 5.78 Å². The number of aromatic hydroxyl groups is 1. The zero-order valence-corrected chi connectivity index (χ0v) is 14.7. The first-order chi connectivity index (χ1) is 12.3. The van der Waals surface area contributed by atoms with Gasteiger partial charge in [-0.15, -0.1) is 0 Å². The lowest BCUT2D eigenvalue weighted by molar-refractivity contribution is -0.127. The second-order valence-corrected chi connectivity index (χ2v) is 6.21. The summed E-state index contributed by atoms with van der Waals surface area (Å²) in [6.45, 7) is 2.02. The van der Waals surface area contributed by atoms with Gasteiger partial charge in [0.05, 0.1) is 18.8 Å². The first-order valence-electron chi connectivity index (χ1n) is 8.27. The normalized spacial score (nSPS) is 27.0. The summed E-state index contributed by atoms with van der Waals surface area (Å²) in [6, 6.07) is 2.92. The zero-order chi connectivity index (χ0) is 19.3. The van der Waals surface area contributed by atoms with Gasteiger partial charge in [0.2, 0.25) is 0 Å². The SMILES string of the molecule is COc1cc(O)c2c(c1)/C=C/CC(O)C(O)C(=O)/C=C\[C@@H](C)CNC2=O. The Morgan fingerprint density at radius 3 is 2.62 bits per heavy atom. The highest BCUT2D eigenvalue weighted by Crippen LogP contribution is 2.29. The molecule has 1 aliphatic heterocycles.